The summed E-state index contributed by atoms with van der Waals surface area (Å²) in [5, 5.41) is 6.78. The lowest BCUT2D eigenvalue weighted by atomic mass is 9.95. The number of aromatic nitrogens is 3. The van der Waals surface area contributed by atoms with Gasteiger partial charge in [0, 0.05) is 55.5 Å². The number of anilines is 1. The van der Waals surface area contributed by atoms with E-state index in [1.54, 1.807) is 41.6 Å². The zero-order valence-corrected chi connectivity index (χ0v) is 16.8. The topological polar surface area (TPSA) is 101 Å². The highest BCUT2D eigenvalue weighted by Crippen LogP contribution is 2.21. The van der Waals surface area contributed by atoms with Crippen LogP contribution in [0.3, 0.4) is 0 Å². The average molecular weight is 423 g/mol. The molecule has 1 saturated heterocycles. The van der Waals surface area contributed by atoms with E-state index in [2.05, 4.69) is 20.4 Å². The Hall–Kier alpha value is -3.62. The van der Waals surface area contributed by atoms with Crippen molar-refractivity contribution in [2.45, 2.75) is 25.7 Å². The second-order valence-electron chi connectivity index (χ2n) is 7.40. The monoisotopic (exact) mass is 423 g/mol. The molecule has 0 spiro atoms. The molecule has 9 heteroatoms. The van der Waals surface area contributed by atoms with Gasteiger partial charge >= 0.3 is 0 Å². The van der Waals surface area contributed by atoms with Crippen LogP contribution in [-0.4, -0.2) is 44.9 Å². The minimum atomic E-state index is -0.336. The van der Waals surface area contributed by atoms with Crippen LogP contribution in [0, 0.1) is 11.7 Å². The zero-order valence-electron chi connectivity index (χ0n) is 16.8. The molecule has 1 aromatic carbocycles. The number of carbonyl (C=O) groups excluding carboxylic acids is 2. The fourth-order valence-electron chi connectivity index (χ4n) is 3.52. The fraction of sp³-hybridized carbons (Fsp3) is 0.318. The lowest BCUT2D eigenvalue weighted by molar-refractivity contribution is -0.134. The number of hydrogen-bond acceptors (Lipinski definition) is 6. The fourth-order valence-corrected chi connectivity index (χ4v) is 3.52. The molecular formula is C22H22FN5O3. The molecule has 1 N–H and O–H groups in total. The van der Waals surface area contributed by atoms with Gasteiger partial charge in [0.15, 0.2) is 0 Å². The first kappa shape index (κ1) is 20.6. The average Bonchev–Trinajstić information content (AvgIpc) is 3.28. The van der Waals surface area contributed by atoms with Crippen LogP contribution in [0.25, 0.3) is 11.4 Å². The number of piperidine rings is 1. The number of likely N-dealkylation sites (tertiary alicyclic amines) is 1. The van der Waals surface area contributed by atoms with Crippen LogP contribution in [0.4, 0.5) is 10.1 Å². The predicted molar refractivity (Wildman–Crippen MR) is 110 cm³/mol. The van der Waals surface area contributed by atoms with E-state index in [-0.39, 0.29) is 30.0 Å². The van der Waals surface area contributed by atoms with Gasteiger partial charge in [-0.05, 0) is 49.2 Å². The summed E-state index contributed by atoms with van der Waals surface area (Å²) in [7, 11) is 0. The molecule has 160 valence electrons. The summed E-state index contributed by atoms with van der Waals surface area (Å²) in [5.74, 6) is 0.234. The first-order valence-electron chi connectivity index (χ1n) is 10.2. The highest BCUT2D eigenvalue weighted by atomic mass is 19.1. The number of nitrogens with one attached hydrogen (secondary N) is 1. The van der Waals surface area contributed by atoms with Crippen LogP contribution in [0.15, 0.2) is 53.3 Å². The number of rotatable bonds is 6. The molecule has 2 amide bonds. The Morgan fingerprint density at radius 1 is 1.10 bits per heavy atom. The van der Waals surface area contributed by atoms with E-state index in [0.29, 0.717) is 49.6 Å². The van der Waals surface area contributed by atoms with E-state index in [9.17, 15) is 14.0 Å². The van der Waals surface area contributed by atoms with Crippen molar-refractivity contribution in [3.63, 3.8) is 0 Å². The Bertz CT molecular complexity index is 1030. The Kier molecular flexibility index (Phi) is 6.30. The summed E-state index contributed by atoms with van der Waals surface area (Å²) in [6, 6.07) is 9.30. The molecule has 1 aliphatic rings. The lowest BCUT2D eigenvalue weighted by Gasteiger charge is -2.31. The third kappa shape index (κ3) is 5.30. The molecule has 1 fully saturated rings. The summed E-state index contributed by atoms with van der Waals surface area (Å²) in [4.78, 5) is 34.9. The van der Waals surface area contributed by atoms with Crippen molar-refractivity contribution in [3.8, 4) is 11.4 Å². The Morgan fingerprint density at radius 2 is 1.81 bits per heavy atom. The Morgan fingerprint density at radius 3 is 2.52 bits per heavy atom. The van der Waals surface area contributed by atoms with Crippen molar-refractivity contribution < 1.29 is 18.5 Å². The van der Waals surface area contributed by atoms with Crippen LogP contribution in [0.2, 0.25) is 0 Å². The maximum Gasteiger partial charge on any atom is 0.227 e. The second-order valence-corrected chi connectivity index (χ2v) is 7.40. The number of aryl methyl sites for hydroxylation is 1. The van der Waals surface area contributed by atoms with Crippen molar-refractivity contribution in [2.75, 3.05) is 18.4 Å². The maximum absolute atomic E-state index is 13.0. The Labute approximate surface area is 178 Å². The van der Waals surface area contributed by atoms with Gasteiger partial charge in [0.1, 0.15) is 5.82 Å². The molecule has 0 aliphatic carbocycles. The lowest BCUT2D eigenvalue weighted by Crippen LogP contribution is -2.41. The van der Waals surface area contributed by atoms with Crippen LogP contribution < -0.4 is 5.32 Å². The van der Waals surface area contributed by atoms with E-state index >= 15 is 0 Å². The summed E-state index contributed by atoms with van der Waals surface area (Å²) >= 11 is 0. The molecule has 0 bridgehead atoms. The van der Waals surface area contributed by atoms with Crippen molar-refractivity contribution in [1.29, 1.82) is 0 Å². The summed E-state index contributed by atoms with van der Waals surface area (Å²) in [5.41, 5.74) is 1.37. The number of hydrogen-bond donors (Lipinski definition) is 1. The van der Waals surface area contributed by atoms with Crippen molar-refractivity contribution in [1.82, 2.24) is 20.0 Å². The summed E-state index contributed by atoms with van der Waals surface area (Å²) in [6.45, 7) is 1.08. The molecule has 2 aromatic heterocycles. The third-order valence-corrected chi connectivity index (χ3v) is 5.29. The predicted octanol–water partition coefficient (Wildman–Crippen LogP) is 3.08. The molecule has 0 saturated carbocycles. The van der Waals surface area contributed by atoms with E-state index in [1.807, 2.05) is 0 Å². The molecule has 3 aromatic rings. The maximum atomic E-state index is 13.0. The number of nitrogens with zero attached hydrogens (tertiary/aromatic N) is 4. The summed E-state index contributed by atoms with van der Waals surface area (Å²) < 4.78 is 18.2. The van der Waals surface area contributed by atoms with Crippen LogP contribution >= 0.6 is 0 Å². The molecule has 0 radical (unpaired) electrons. The smallest absolute Gasteiger partial charge is 0.227 e. The van der Waals surface area contributed by atoms with Gasteiger partial charge in [-0.25, -0.2) is 4.39 Å². The standard InChI is InChI=1S/C22H22FN5O3/c23-17-3-1-15(2-4-17)21-26-19(31-27-21)5-6-20(29)28-13-9-16(10-14-28)22(30)25-18-7-11-24-12-8-18/h1-4,7-8,11-12,16H,5-6,9-10,13-14H2,(H,24,25,30). The molecule has 31 heavy (non-hydrogen) atoms. The van der Waals surface area contributed by atoms with Crippen molar-refractivity contribution in [2.24, 2.45) is 5.92 Å². The first-order valence-corrected chi connectivity index (χ1v) is 10.2. The highest BCUT2D eigenvalue weighted by Gasteiger charge is 2.27. The van der Waals surface area contributed by atoms with Crippen LogP contribution in [0.1, 0.15) is 25.2 Å². The number of pyridine rings is 1. The molecule has 4 rings (SSSR count). The van der Waals surface area contributed by atoms with E-state index in [1.165, 1.54) is 12.1 Å². The quantitative estimate of drug-likeness (QED) is 0.654. The first-order chi connectivity index (χ1) is 15.1. The van der Waals surface area contributed by atoms with E-state index in [4.69, 9.17) is 4.52 Å². The zero-order chi connectivity index (χ0) is 21.6. The van der Waals surface area contributed by atoms with E-state index in [0.717, 1.165) is 5.69 Å². The minimum Gasteiger partial charge on any atom is -0.343 e. The molecule has 1 aliphatic heterocycles. The van der Waals surface area contributed by atoms with Crippen molar-refractivity contribution >= 4 is 17.5 Å². The molecule has 3 heterocycles. The van der Waals surface area contributed by atoms with Crippen LogP contribution in [0.5, 0.6) is 0 Å². The third-order valence-electron chi connectivity index (χ3n) is 5.29. The van der Waals surface area contributed by atoms with Gasteiger partial charge in [0.05, 0.1) is 0 Å². The number of carbonyl (C=O) groups is 2. The second kappa shape index (κ2) is 9.46. The number of benzene rings is 1. The van der Waals surface area contributed by atoms with Gasteiger partial charge < -0.3 is 14.7 Å². The van der Waals surface area contributed by atoms with Gasteiger partial charge in [0.25, 0.3) is 0 Å². The van der Waals surface area contributed by atoms with Gasteiger partial charge in [-0.2, -0.15) is 4.98 Å². The van der Waals surface area contributed by atoms with Gasteiger partial charge in [-0.15, -0.1) is 0 Å². The number of halogens is 1. The normalized spacial score (nSPS) is 14.4. The largest absolute Gasteiger partial charge is 0.343 e. The molecule has 8 nitrogen and oxygen atoms in total. The van der Waals surface area contributed by atoms with Gasteiger partial charge in [-0.3, -0.25) is 14.6 Å². The highest BCUT2D eigenvalue weighted by molar-refractivity contribution is 5.92. The van der Waals surface area contributed by atoms with Crippen LogP contribution in [-0.2, 0) is 16.0 Å². The molecule has 0 unspecified atom stereocenters. The van der Waals surface area contributed by atoms with E-state index < -0.39 is 0 Å². The van der Waals surface area contributed by atoms with Gasteiger partial charge in [0.2, 0.25) is 23.5 Å². The van der Waals surface area contributed by atoms with Gasteiger partial charge in [-0.1, -0.05) is 5.16 Å². The summed E-state index contributed by atoms with van der Waals surface area (Å²) in [6.07, 6.45) is 5.08. The minimum absolute atomic E-state index is 0.00507. The van der Waals surface area contributed by atoms with Crippen molar-refractivity contribution in [3.05, 3.63) is 60.5 Å². The Balaban J connectivity index is 1.23. The SMILES string of the molecule is O=C(Nc1ccncc1)C1CCN(C(=O)CCc2nc(-c3ccc(F)cc3)no2)CC1. The molecular weight excluding hydrogens is 401 g/mol. The number of amides is 2. The molecule has 0 atom stereocenters.